The van der Waals surface area contributed by atoms with E-state index in [4.69, 9.17) is 25.4 Å². The lowest BCUT2D eigenvalue weighted by Gasteiger charge is -2.22. The largest absolute Gasteiger partial charge is 0.487 e. The molecule has 0 saturated carbocycles. The van der Waals surface area contributed by atoms with Gasteiger partial charge in [0.25, 0.3) is 0 Å². The van der Waals surface area contributed by atoms with Gasteiger partial charge < -0.3 is 23.8 Å². The summed E-state index contributed by atoms with van der Waals surface area (Å²) >= 11 is 2.23. The Kier molecular flexibility index (Phi) is 8.28. The van der Waals surface area contributed by atoms with Gasteiger partial charge in [-0.05, 0) is 46.9 Å². The average Bonchev–Trinajstić information content (AvgIpc) is 2.80. The number of rotatable bonds is 10. The quantitative estimate of drug-likeness (QED) is 0.222. The highest BCUT2D eigenvalue weighted by molar-refractivity contribution is 14.1. The molecular formula is C23H24IN3O4. The molecule has 162 valence electrons. The first-order valence-corrected chi connectivity index (χ1v) is 10.7. The number of methoxy groups -OCH3 is 2. The number of benzene rings is 2. The molecule has 7 nitrogen and oxygen atoms in total. The SMILES string of the molecule is C#Cc1cccc(N(C)c2ncnc3c(I)c(OCCOC)c(OCCOC)cc23)c1. The molecule has 0 spiro atoms. The summed E-state index contributed by atoms with van der Waals surface area (Å²) in [5.74, 6) is 4.64. The van der Waals surface area contributed by atoms with Gasteiger partial charge in [-0.15, -0.1) is 6.42 Å². The van der Waals surface area contributed by atoms with Crippen LogP contribution in [0.15, 0.2) is 36.7 Å². The number of hydrogen-bond acceptors (Lipinski definition) is 7. The molecule has 31 heavy (non-hydrogen) atoms. The number of hydrogen-bond donors (Lipinski definition) is 0. The van der Waals surface area contributed by atoms with Crippen molar-refractivity contribution in [3.05, 3.63) is 45.8 Å². The van der Waals surface area contributed by atoms with Crippen LogP contribution in [-0.4, -0.2) is 57.7 Å². The summed E-state index contributed by atoms with van der Waals surface area (Å²) in [5.41, 5.74) is 2.50. The Bertz CT molecular complexity index is 1080. The molecule has 0 radical (unpaired) electrons. The van der Waals surface area contributed by atoms with E-state index in [0.717, 1.165) is 31.5 Å². The van der Waals surface area contributed by atoms with E-state index in [9.17, 15) is 0 Å². The molecule has 3 rings (SSSR count). The first kappa shape index (κ1) is 23.1. The predicted octanol–water partition coefficient (Wildman–Crippen LogP) is 4.03. The van der Waals surface area contributed by atoms with Crippen LogP contribution in [0.2, 0.25) is 0 Å². The van der Waals surface area contributed by atoms with Crippen molar-refractivity contribution in [3.63, 3.8) is 0 Å². The van der Waals surface area contributed by atoms with Gasteiger partial charge in [0.05, 0.1) is 22.3 Å². The molecule has 0 N–H and O–H groups in total. The van der Waals surface area contributed by atoms with Gasteiger partial charge in [-0.3, -0.25) is 0 Å². The Balaban J connectivity index is 2.10. The molecule has 1 heterocycles. The Hall–Kier alpha value is -2.61. The molecule has 3 aromatic rings. The summed E-state index contributed by atoms with van der Waals surface area (Å²) in [5, 5.41) is 0.840. The minimum absolute atomic E-state index is 0.391. The molecule has 0 aliphatic heterocycles. The molecule has 0 aliphatic rings. The number of ether oxygens (including phenoxy) is 4. The van der Waals surface area contributed by atoms with Crippen molar-refractivity contribution in [3.8, 4) is 23.8 Å². The highest BCUT2D eigenvalue weighted by atomic mass is 127. The van der Waals surface area contributed by atoms with Crippen LogP contribution >= 0.6 is 22.6 Å². The van der Waals surface area contributed by atoms with Gasteiger partial charge in [0.15, 0.2) is 11.5 Å². The summed E-state index contributed by atoms with van der Waals surface area (Å²) in [7, 11) is 5.21. The maximum atomic E-state index is 5.98. The first-order valence-electron chi connectivity index (χ1n) is 9.61. The van der Waals surface area contributed by atoms with E-state index in [0.29, 0.717) is 37.9 Å². The average molecular weight is 533 g/mol. The fourth-order valence-electron chi connectivity index (χ4n) is 3.00. The molecule has 0 bridgehead atoms. The van der Waals surface area contributed by atoms with Crippen LogP contribution in [0, 0.1) is 15.9 Å². The van der Waals surface area contributed by atoms with Gasteiger partial charge in [-0.25, -0.2) is 9.97 Å². The topological polar surface area (TPSA) is 65.9 Å². The predicted molar refractivity (Wildman–Crippen MR) is 129 cm³/mol. The van der Waals surface area contributed by atoms with Gasteiger partial charge in [0.2, 0.25) is 0 Å². The number of halogens is 1. The summed E-state index contributed by atoms with van der Waals surface area (Å²) < 4.78 is 23.0. The second kappa shape index (κ2) is 11.1. The lowest BCUT2D eigenvalue weighted by Crippen LogP contribution is -2.13. The minimum Gasteiger partial charge on any atom is -0.487 e. The van der Waals surface area contributed by atoms with Gasteiger partial charge in [0, 0.05) is 37.9 Å². The zero-order valence-electron chi connectivity index (χ0n) is 17.7. The fourth-order valence-corrected chi connectivity index (χ4v) is 3.86. The highest BCUT2D eigenvalue weighted by Gasteiger charge is 2.20. The fraction of sp³-hybridized carbons (Fsp3) is 0.304. The Morgan fingerprint density at radius 2 is 1.77 bits per heavy atom. The maximum Gasteiger partial charge on any atom is 0.176 e. The van der Waals surface area contributed by atoms with Crippen molar-refractivity contribution in [2.24, 2.45) is 0 Å². The van der Waals surface area contributed by atoms with Gasteiger partial charge in [0.1, 0.15) is 25.4 Å². The highest BCUT2D eigenvalue weighted by Crippen LogP contribution is 2.41. The molecule has 0 fully saturated rings. The maximum absolute atomic E-state index is 5.98. The molecular weight excluding hydrogens is 509 g/mol. The van der Waals surface area contributed by atoms with Gasteiger partial charge >= 0.3 is 0 Å². The second-order valence-electron chi connectivity index (χ2n) is 6.55. The van der Waals surface area contributed by atoms with Crippen LogP contribution in [0.1, 0.15) is 5.56 Å². The standard InChI is InChI=1S/C23H24IN3O4/c1-5-16-7-6-8-17(13-16)27(2)23-18-14-19(30-11-9-28-3)22(31-12-10-29-4)20(24)21(18)25-15-26-23/h1,6-8,13-15H,9-12H2,2-4H3. The van der Waals surface area contributed by atoms with Crippen LogP contribution in [-0.2, 0) is 9.47 Å². The molecule has 0 saturated heterocycles. The number of aromatic nitrogens is 2. The summed E-state index contributed by atoms with van der Waals surface area (Å²) in [6, 6.07) is 9.65. The lowest BCUT2D eigenvalue weighted by atomic mass is 10.1. The minimum atomic E-state index is 0.391. The zero-order chi connectivity index (χ0) is 22.2. The Morgan fingerprint density at radius 3 is 2.48 bits per heavy atom. The van der Waals surface area contributed by atoms with E-state index in [1.165, 1.54) is 0 Å². The summed E-state index contributed by atoms with van der Waals surface area (Å²) in [6.07, 6.45) is 7.12. The molecule has 8 heteroatoms. The Morgan fingerprint density at radius 1 is 1.03 bits per heavy atom. The molecule has 0 atom stereocenters. The van der Waals surface area contributed by atoms with E-state index in [-0.39, 0.29) is 0 Å². The number of anilines is 2. The monoisotopic (exact) mass is 533 g/mol. The van der Waals surface area contributed by atoms with Crippen LogP contribution in [0.25, 0.3) is 10.9 Å². The number of terminal acetylenes is 1. The normalized spacial score (nSPS) is 10.7. The zero-order valence-corrected chi connectivity index (χ0v) is 19.9. The second-order valence-corrected chi connectivity index (χ2v) is 7.63. The Labute approximate surface area is 195 Å². The smallest absolute Gasteiger partial charge is 0.176 e. The van der Waals surface area contributed by atoms with E-state index >= 15 is 0 Å². The van der Waals surface area contributed by atoms with Gasteiger partial charge in [-0.1, -0.05) is 12.0 Å². The number of nitrogens with zero attached hydrogens (tertiary/aromatic N) is 3. The molecule has 2 aromatic carbocycles. The van der Waals surface area contributed by atoms with E-state index in [1.807, 2.05) is 42.3 Å². The lowest BCUT2D eigenvalue weighted by molar-refractivity contribution is 0.132. The van der Waals surface area contributed by atoms with Crippen molar-refractivity contribution in [1.29, 1.82) is 0 Å². The third-order valence-electron chi connectivity index (χ3n) is 4.57. The van der Waals surface area contributed by atoms with Crippen LogP contribution in [0.3, 0.4) is 0 Å². The van der Waals surface area contributed by atoms with Crippen molar-refractivity contribution < 1.29 is 18.9 Å². The van der Waals surface area contributed by atoms with Crippen molar-refractivity contribution in [2.45, 2.75) is 0 Å². The van der Waals surface area contributed by atoms with Gasteiger partial charge in [-0.2, -0.15) is 0 Å². The van der Waals surface area contributed by atoms with E-state index < -0.39 is 0 Å². The van der Waals surface area contributed by atoms with E-state index in [1.54, 1.807) is 20.5 Å². The van der Waals surface area contributed by atoms with Crippen LogP contribution < -0.4 is 14.4 Å². The molecule has 0 amide bonds. The van der Waals surface area contributed by atoms with Crippen LogP contribution in [0.4, 0.5) is 11.5 Å². The third-order valence-corrected chi connectivity index (χ3v) is 5.57. The molecule has 0 unspecified atom stereocenters. The summed E-state index contributed by atoms with van der Waals surface area (Å²) in [6.45, 7) is 1.72. The molecule has 1 aromatic heterocycles. The summed E-state index contributed by atoms with van der Waals surface area (Å²) in [4.78, 5) is 11.0. The van der Waals surface area contributed by atoms with Crippen LogP contribution in [0.5, 0.6) is 11.5 Å². The van der Waals surface area contributed by atoms with Crippen molar-refractivity contribution in [2.75, 3.05) is 52.6 Å². The van der Waals surface area contributed by atoms with Crippen molar-refractivity contribution in [1.82, 2.24) is 9.97 Å². The third kappa shape index (κ3) is 5.36. The van der Waals surface area contributed by atoms with E-state index in [2.05, 4.69) is 38.5 Å². The number of fused-ring (bicyclic) bond motifs is 1. The van der Waals surface area contributed by atoms with Crippen molar-refractivity contribution >= 4 is 45.0 Å². The molecule has 0 aliphatic carbocycles. The first-order chi connectivity index (χ1) is 15.1.